The quantitative estimate of drug-likeness (QED) is 0.0438. The van der Waals surface area contributed by atoms with Gasteiger partial charge in [0.15, 0.2) is 0 Å². The Morgan fingerprint density at radius 1 is 0.427 bits per heavy atom. The van der Waals surface area contributed by atoms with Gasteiger partial charge in [0.2, 0.25) is 0 Å². The van der Waals surface area contributed by atoms with Crippen LogP contribution in [-0.4, -0.2) is 71.1 Å². The maximum absolute atomic E-state index is 10.6. The van der Waals surface area contributed by atoms with Gasteiger partial charge in [-0.05, 0) is 185 Å². The molecule has 0 aliphatic carbocycles. The summed E-state index contributed by atoms with van der Waals surface area (Å²) in [7, 11) is 3.99. The van der Waals surface area contributed by atoms with Crippen molar-refractivity contribution in [2.24, 2.45) is 0 Å². The highest BCUT2D eigenvalue weighted by Gasteiger charge is 2.22. The Balaban J connectivity index is 0.000000204. The van der Waals surface area contributed by atoms with E-state index in [-0.39, 0.29) is 29.8 Å². The first-order valence-electron chi connectivity index (χ1n) is 32.1. The molecule has 8 N–H and O–H groups in total. The minimum absolute atomic E-state index is 0. The second kappa shape index (κ2) is 34.6. The molecule has 0 amide bonds. The third-order valence-corrected chi connectivity index (χ3v) is 18.2. The van der Waals surface area contributed by atoms with E-state index in [1.54, 1.807) is 24.3 Å². The van der Waals surface area contributed by atoms with Gasteiger partial charge in [0.1, 0.15) is 40.2 Å². The number of nitrogens with zero attached hydrogens (tertiary/aromatic N) is 3. The van der Waals surface area contributed by atoms with Gasteiger partial charge in [0, 0.05) is 101 Å². The molecular weight excluding hydrogens is 1350 g/mol. The third-order valence-electron chi connectivity index (χ3n) is 17.0. The number of hydrogen-bond acceptors (Lipinski definition) is 11. The van der Waals surface area contributed by atoms with Crippen molar-refractivity contribution in [3.05, 3.63) is 261 Å². The Morgan fingerprint density at radius 3 is 1.41 bits per heavy atom. The largest absolute Gasteiger partial charge is 0.508 e. The Labute approximate surface area is 592 Å². The molecule has 11 nitrogen and oxygen atoms in total. The maximum atomic E-state index is 10.6. The zero-order valence-electron chi connectivity index (χ0n) is 57.6. The number of benzene rings is 10. The number of fused-ring (bicyclic) bond motifs is 2. The molecule has 10 aromatic rings. The fourth-order valence-corrected chi connectivity index (χ4v) is 13.0. The van der Waals surface area contributed by atoms with Gasteiger partial charge >= 0.3 is 0 Å². The summed E-state index contributed by atoms with van der Waals surface area (Å²) in [4.78, 5) is 6.38. The number of aromatic hydroxyl groups is 7. The van der Waals surface area contributed by atoms with Crippen LogP contribution in [0.25, 0.3) is 21.5 Å². The summed E-state index contributed by atoms with van der Waals surface area (Å²) in [5.41, 5.74) is 14.5. The van der Waals surface area contributed by atoms with Crippen LogP contribution in [0.3, 0.4) is 0 Å². The summed E-state index contributed by atoms with van der Waals surface area (Å²) < 4.78 is 1.67. The molecule has 0 heterocycles. The molecule has 96 heavy (non-hydrogen) atoms. The standard InChI is InChI=1S/C24H34BrNO2.C21H22ClNO2.C20H20BrNO2.C16H19NO.CH4/c1-15-9-18(23(2,3)4)10-16(21(15)27)13-26(8)14-17-11-19(24(5,6)7)12-20(25)22(17)28;1-3-23(12-16-11-17(22)10-14(2)21(16)25)13-19-18-7-5-4-6-15(18)8-9-20(19)24;1-13-9-16(21)10-15(20(13)24)11-22(2)12-18-17-6-4-3-5-14(17)7-8-19(18)23;1-12-8-13(2)16(18)15(9-12)11-17-10-14-6-4-3-5-7-14;/h9-12,27-28H,13-14H2,1-8H3;4-11,24-25H,3,12-13H2,1-2H3;3-10,23-24H,11-12H2,1-2H3;3-9,17-18H,10-11H2,1-2H3;1H4. The minimum atomic E-state index is -0.0000380. The van der Waals surface area contributed by atoms with Crippen LogP contribution >= 0.6 is 43.5 Å². The van der Waals surface area contributed by atoms with E-state index in [1.807, 2.05) is 158 Å². The Morgan fingerprint density at radius 2 is 0.865 bits per heavy atom. The summed E-state index contributed by atoms with van der Waals surface area (Å²) in [6.45, 7) is 30.6. The first-order valence-corrected chi connectivity index (χ1v) is 34.1. The number of phenols is 7. The molecule has 0 unspecified atom stereocenters. The Kier molecular flexibility index (Phi) is 27.9. The van der Waals surface area contributed by atoms with Crippen LogP contribution in [0.4, 0.5) is 0 Å². The van der Waals surface area contributed by atoms with Crippen molar-refractivity contribution in [2.45, 2.75) is 154 Å². The average Bonchev–Trinajstić information content (AvgIpc) is 0.827. The van der Waals surface area contributed by atoms with E-state index >= 15 is 0 Å². The molecule has 0 bridgehead atoms. The zero-order chi connectivity index (χ0) is 69.6. The zero-order valence-corrected chi connectivity index (χ0v) is 61.5. The smallest absolute Gasteiger partial charge is 0.134 e. The van der Waals surface area contributed by atoms with Crippen LogP contribution < -0.4 is 5.32 Å². The number of nitrogens with one attached hydrogen (secondary N) is 1. The molecule has 0 aliphatic heterocycles. The van der Waals surface area contributed by atoms with Crippen molar-refractivity contribution in [2.75, 3.05) is 20.6 Å². The van der Waals surface area contributed by atoms with E-state index in [1.165, 1.54) is 22.3 Å². The van der Waals surface area contributed by atoms with Crippen molar-refractivity contribution in [3.63, 3.8) is 0 Å². The van der Waals surface area contributed by atoms with Crippen LogP contribution in [-0.2, 0) is 63.2 Å². The molecule has 10 aromatic carbocycles. The number of halogens is 3. The average molecular weight is 1450 g/mol. The lowest BCUT2D eigenvalue weighted by Gasteiger charge is -2.25. The van der Waals surface area contributed by atoms with Gasteiger partial charge in [0.05, 0.1) is 4.47 Å². The van der Waals surface area contributed by atoms with E-state index in [0.29, 0.717) is 79.6 Å². The summed E-state index contributed by atoms with van der Waals surface area (Å²) in [5, 5.41) is 80.6. The highest BCUT2D eigenvalue weighted by molar-refractivity contribution is 9.10. The predicted molar refractivity (Wildman–Crippen MR) is 407 cm³/mol. The van der Waals surface area contributed by atoms with E-state index in [4.69, 9.17) is 11.6 Å². The van der Waals surface area contributed by atoms with E-state index in [9.17, 15) is 35.7 Å². The molecule has 0 saturated heterocycles. The number of aryl methyl sites for hydroxylation is 5. The van der Waals surface area contributed by atoms with Crippen LogP contribution in [0.15, 0.2) is 173 Å². The van der Waals surface area contributed by atoms with Crippen LogP contribution in [0.2, 0.25) is 5.02 Å². The third kappa shape index (κ3) is 21.2. The van der Waals surface area contributed by atoms with Crippen molar-refractivity contribution in [3.8, 4) is 40.2 Å². The van der Waals surface area contributed by atoms with Gasteiger partial charge in [-0.1, -0.05) is 210 Å². The molecule has 0 spiro atoms. The van der Waals surface area contributed by atoms with E-state index in [2.05, 4.69) is 131 Å². The summed E-state index contributed by atoms with van der Waals surface area (Å²) in [5.74, 6) is 2.24. The Bertz CT molecular complexity index is 4190. The SMILES string of the molecule is C.CCN(Cc1cc(Cl)cc(C)c1O)Cc1c(O)ccc2ccccc12.Cc1cc(Br)cc(CN(C)Cc2c(O)ccc3ccccc23)c1O.Cc1cc(C(C)(C)C)cc(CN(C)Cc2cc(C(C)(C)C)cc(Br)c2O)c1O.Cc1cc(C)c(O)c(CNCc2ccccc2)c1. The molecule has 0 aromatic heterocycles. The fourth-order valence-electron chi connectivity index (χ4n) is 11.6. The van der Waals surface area contributed by atoms with E-state index in [0.717, 1.165) is 105 Å². The van der Waals surface area contributed by atoms with Gasteiger partial charge in [0.25, 0.3) is 0 Å². The first kappa shape index (κ1) is 77.4. The lowest BCUT2D eigenvalue weighted by molar-refractivity contribution is 0.264. The molecule has 0 aliphatic rings. The summed E-state index contributed by atoms with van der Waals surface area (Å²) >= 11 is 13.1. The monoisotopic (exact) mass is 1440 g/mol. The van der Waals surface area contributed by atoms with Crippen molar-refractivity contribution >= 4 is 65.0 Å². The highest BCUT2D eigenvalue weighted by Crippen LogP contribution is 2.38. The van der Waals surface area contributed by atoms with Gasteiger partial charge in [-0.25, -0.2) is 0 Å². The van der Waals surface area contributed by atoms with Gasteiger partial charge in [-0.15, -0.1) is 0 Å². The first-order chi connectivity index (χ1) is 44.8. The van der Waals surface area contributed by atoms with Crippen molar-refractivity contribution < 1.29 is 35.7 Å². The topological polar surface area (TPSA) is 163 Å². The highest BCUT2D eigenvalue weighted by atomic mass is 79.9. The molecule has 0 radical (unpaired) electrons. The number of hydrogen-bond donors (Lipinski definition) is 8. The summed E-state index contributed by atoms with van der Waals surface area (Å²) in [6, 6.07) is 53.3. The lowest BCUT2D eigenvalue weighted by Crippen LogP contribution is -2.22. The van der Waals surface area contributed by atoms with Crippen molar-refractivity contribution in [1.82, 2.24) is 20.0 Å². The summed E-state index contributed by atoms with van der Waals surface area (Å²) in [6.07, 6.45) is 0. The second-order valence-electron chi connectivity index (χ2n) is 27.1. The molecule has 0 saturated carbocycles. The van der Waals surface area contributed by atoms with Crippen LogP contribution in [0.5, 0.6) is 40.2 Å². The lowest BCUT2D eigenvalue weighted by atomic mass is 9.84. The minimum Gasteiger partial charge on any atom is -0.508 e. The van der Waals surface area contributed by atoms with Crippen LogP contribution in [0.1, 0.15) is 139 Å². The fraction of sp³-hybridized carbons (Fsp3) is 0.317. The molecule has 0 atom stereocenters. The second-order valence-corrected chi connectivity index (χ2v) is 29.3. The predicted octanol–water partition coefficient (Wildman–Crippen LogP) is 20.5. The van der Waals surface area contributed by atoms with Gasteiger partial charge < -0.3 is 41.1 Å². The normalized spacial score (nSPS) is 11.5. The molecular formula is C82H99Br2ClN4O7. The van der Waals surface area contributed by atoms with Gasteiger partial charge in [-0.2, -0.15) is 0 Å². The molecule has 10 rings (SSSR count). The molecule has 510 valence electrons. The van der Waals surface area contributed by atoms with Gasteiger partial charge in [-0.3, -0.25) is 14.7 Å². The molecule has 0 fully saturated rings. The molecule has 14 heteroatoms. The number of rotatable bonds is 17. The van der Waals surface area contributed by atoms with Crippen LogP contribution in [0, 0.1) is 34.6 Å². The van der Waals surface area contributed by atoms with Crippen molar-refractivity contribution in [1.29, 1.82) is 0 Å². The number of phenolic OH excluding ortho intramolecular Hbond substituents is 7. The van der Waals surface area contributed by atoms with E-state index < -0.39 is 0 Å². The Hall–Kier alpha value is -7.59. The maximum Gasteiger partial charge on any atom is 0.134 e.